The summed E-state index contributed by atoms with van der Waals surface area (Å²) in [6.45, 7) is 8.19. The van der Waals surface area contributed by atoms with Crippen molar-refractivity contribution in [3.05, 3.63) is 0 Å². The second-order valence-electron chi connectivity index (χ2n) is 4.96. The van der Waals surface area contributed by atoms with E-state index in [9.17, 15) is 0 Å². The van der Waals surface area contributed by atoms with Crippen LogP contribution in [0.15, 0.2) is 0 Å². The second-order valence-corrected chi connectivity index (χ2v) is 4.96. The Labute approximate surface area is 92.5 Å². The molecule has 0 aliphatic carbocycles. The first-order valence-electron chi connectivity index (χ1n) is 6.21. The SMILES string of the molecule is CCC1(CC)NCC2(CCOCC2)CO1. The summed E-state index contributed by atoms with van der Waals surface area (Å²) in [6, 6.07) is 0. The molecule has 2 heterocycles. The lowest BCUT2D eigenvalue weighted by atomic mass is 9.79. The molecule has 1 N–H and O–H groups in total. The minimum Gasteiger partial charge on any atom is -0.381 e. The summed E-state index contributed by atoms with van der Waals surface area (Å²) < 4.78 is 11.5. The minimum absolute atomic E-state index is 0.0520. The van der Waals surface area contributed by atoms with Gasteiger partial charge in [-0.15, -0.1) is 0 Å². The molecule has 3 nitrogen and oxygen atoms in total. The number of hydrogen-bond donors (Lipinski definition) is 1. The van der Waals surface area contributed by atoms with Crippen LogP contribution in [-0.4, -0.2) is 32.1 Å². The molecule has 0 saturated carbocycles. The lowest BCUT2D eigenvalue weighted by molar-refractivity contribution is -0.168. The van der Waals surface area contributed by atoms with Crippen molar-refractivity contribution < 1.29 is 9.47 Å². The van der Waals surface area contributed by atoms with E-state index in [1.165, 1.54) is 0 Å². The molecule has 1 spiro atoms. The second kappa shape index (κ2) is 4.40. The van der Waals surface area contributed by atoms with E-state index in [2.05, 4.69) is 19.2 Å². The first-order valence-corrected chi connectivity index (χ1v) is 6.21. The average molecular weight is 213 g/mol. The number of rotatable bonds is 2. The Hall–Kier alpha value is -0.120. The van der Waals surface area contributed by atoms with Crippen LogP contribution in [-0.2, 0) is 9.47 Å². The largest absolute Gasteiger partial charge is 0.381 e. The van der Waals surface area contributed by atoms with Gasteiger partial charge in [0.25, 0.3) is 0 Å². The van der Waals surface area contributed by atoms with Gasteiger partial charge in [0.2, 0.25) is 0 Å². The molecule has 88 valence electrons. The van der Waals surface area contributed by atoms with E-state index in [1.807, 2.05) is 0 Å². The summed E-state index contributed by atoms with van der Waals surface area (Å²) in [5.74, 6) is 0. The molecule has 2 aliphatic rings. The summed E-state index contributed by atoms with van der Waals surface area (Å²) >= 11 is 0. The van der Waals surface area contributed by atoms with Crippen molar-refractivity contribution >= 4 is 0 Å². The standard InChI is InChI=1S/C12H23NO2/c1-3-12(4-2)13-9-11(10-15-12)5-7-14-8-6-11/h13H,3-10H2,1-2H3. The van der Waals surface area contributed by atoms with E-state index in [-0.39, 0.29) is 5.72 Å². The third-order valence-corrected chi connectivity index (χ3v) is 4.14. The van der Waals surface area contributed by atoms with E-state index in [1.54, 1.807) is 0 Å². The lowest BCUT2D eigenvalue weighted by Crippen LogP contribution is -2.59. The molecule has 2 saturated heterocycles. The molecule has 0 aromatic carbocycles. The predicted molar refractivity (Wildman–Crippen MR) is 59.8 cm³/mol. The lowest BCUT2D eigenvalue weighted by Gasteiger charge is -2.48. The highest BCUT2D eigenvalue weighted by molar-refractivity contribution is 4.92. The molecule has 0 aromatic heterocycles. The Kier molecular flexibility index (Phi) is 3.33. The maximum atomic E-state index is 6.09. The fourth-order valence-electron chi connectivity index (χ4n) is 2.57. The maximum Gasteiger partial charge on any atom is 0.118 e. The van der Waals surface area contributed by atoms with Crippen molar-refractivity contribution in [1.82, 2.24) is 5.32 Å². The predicted octanol–water partition coefficient (Wildman–Crippen LogP) is 1.92. The minimum atomic E-state index is -0.0520. The molecule has 0 radical (unpaired) electrons. The highest BCUT2D eigenvalue weighted by atomic mass is 16.5. The van der Waals surface area contributed by atoms with E-state index in [0.717, 1.165) is 52.0 Å². The molecule has 0 atom stereocenters. The van der Waals surface area contributed by atoms with E-state index >= 15 is 0 Å². The van der Waals surface area contributed by atoms with Crippen molar-refractivity contribution in [3.63, 3.8) is 0 Å². The first kappa shape index (κ1) is 11.4. The molecular weight excluding hydrogens is 190 g/mol. The average Bonchev–Trinajstić information content (AvgIpc) is 2.32. The Morgan fingerprint density at radius 3 is 2.27 bits per heavy atom. The van der Waals surface area contributed by atoms with Crippen LogP contribution >= 0.6 is 0 Å². The van der Waals surface area contributed by atoms with Crippen LogP contribution in [0.25, 0.3) is 0 Å². The van der Waals surface area contributed by atoms with Gasteiger partial charge in [-0.2, -0.15) is 0 Å². The van der Waals surface area contributed by atoms with Gasteiger partial charge in [0.05, 0.1) is 6.61 Å². The summed E-state index contributed by atoms with van der Waals surface area (Å²) in [6.07, 6.45) is 4.39. The molecular formula is C12H23NO2. The molecule has 2 fully saturated rings. The van der Waals surface area contributed by atoms with Crippen molar-refractivity contribution in [2.24, 2.45) is 5.41 Å². The molecule has 3 heteroatoms. The van der Waals surface area contributed by atoms with Gasteiger partial charge < -0.3 is 9.47 Å². The fraction of sp³-hybridized carbons (Fsp3) is 1.00. The van der Waals surface area contributed by atoms with Gasteiger partial charge in [-0.1, -0.05) is 13.8 Å². The van der Waals surface area contributed by atoms with Gasteiger partial charge in [0.15, 0.2) is 0 Å². The number of hydrogen-bond acceptors (Lipinski definition) is 3. The summed E-state index contributed by atoms with van der Waals surface area (Å²) in [7, 11) is 0. The van der Waals surface area contributed by atoms with Gasteiger partial charge in [-0.3, -0.25) is 5.32 Å². The maximum absolute atomic E-state index is 6.09. The highest BCUT2D eigenvalue weighted by Crippen LogP contribution is 2.36. The van der Waals surface area contributed by atoms with Crippen molar-refractivity contribution in [3.8, 4) is 0 Å². The third-order valence-electron chi connectivity index (χ3n) is 4.14. The summed E-state index contributed by atoms with van der Waals surface area (Å²) in [5, 5.41) is 3.61. The Morgan fingerprint density at radius 2 is 1.80 bits per heavy atom. The highest BCUT2D eigenvalue weighted by Gasteiger charge is 2.42. The van der Waals surface area contributed by atoms with E-state index in [0.29, 0.717) is 5.41 Å². The molecule has 0 unspecified atom stereocenters. The van der Waals surface area contributed by atoms with Crippen LogP contribution in [0.3, 0.4) is 0 Å². The van der Waals surface area contributed by atoms with Crippen LogP contribution in [0, 0.1) is 5.41 Å². The van der Waals surface area contributed by atoms with Gasteiger partial charge in [0.1, 0.15) is 5.72 Å². The van der Waals surface area contributed by atoms with Crippen LogP contribution in [0.4, 0.5) is 0 Å². The molecule has 15 heavy (non-hydrogen) atoms. The molecule has 0 aromatic rings. The van der Waals surface area contributed by atoms with Crippen LogP contribution in [0.2, 0.25) is 0 Å². The zero-order valence-electron chi connectivity index (χ0n) is 9.97. The van der Waals surface area contributed by atoms with Crippen molar-refractivity contribution in [1.29, 1.82) is 0 Å². The third kappa shape index (κ3) is 2.19. The zero-order chi connectivity index (χ0) is 10.8. The molecule has 2 aliphatic heterocycles. The van der Waals surface area contributed by atoms with Gasteiger partial charge in [-0.05, 0) is 25.7 Å². The fourth-order valence-corrected chi connectivity index (χ4v) is 2.57. The van der Waals surface area contributed by atoms with E-state index < -0.39 is 0 Å². The topological polar surface area (TPSA) is 30.5 Å². The van der Waals surface area contributed by atoms with Crippen LogP contribution in [0.1, 0.15) is 39.5 Å². The monoisotopic (exact) mass is 213 g/mol. The van der Waals surface area contributed by atoms with Crippen LogP contribution in [0.5, 0.6) is 0 Å². The van der Waals surface area contributed by atoms with Crippen molar-refractivity contribution in [2.75, 3.05) is 26.4 Å². The Morgan fingerprint density at radius 1 is 1.13 bits per heavy atom. The quantitative estimate of drug-likeness (QED) is 0.760. The molecule has 0 bridgehead atoms. The first-order chi connectivity index (χ1) is 7.24. The van der Waals surface area contributed by atoms with Gasteiger partial charge in [0, 0.05) is 25.2 Å². The number of nitrogens with one attached hydrogen (secondary N) is 1. The summed E-state index contributed by atoms with van der Waals surface area (Å²) in [5.41, 5.74) is 0.301. The molecule has 0 amide bonds. The van der Waals surface area contributed by atoms with Gasteiger partial charge in [-0.25, -0.2) is 0 Å². The zero-order valence-corrected chi connectivity index (χ0v) is 9.97. The molecule has 2 rings (SSSR count). The van der Waals surface area contributed by atoms with Crippen molar-refractivity contribution in [2.45, 2.75) is 45.3 Å². The normalized spacial score (nSPS) is 29.2. The van der Waals surface area contributed by atoms with Crippen LogP contribution < -0.4 is 5.32 Å². The smallest absolute Gasteiger partial charge is 0.118 e. The Balaban J connectivity index is 1.95. The van der Waals surface area contributed by atoms with Gasteiger partial charge >= 0.3 is 0 Å². The van der Waals surface area contributed by atoms with E-state index in [4.69, 9.17) is 9.47 Å². The number of ether oxygens (including phenoxy) is 2. The Bertz CT molecular complexity index is 196. The summed E-state index contributed by atoms with van der Waals surface area (Å²) in [4.78, 5) is 0.